The van der Waals surface area contributed by atoms with E-state index >= 15 is 0 Å². The van der Waals surface area contributed by atoms with E-state index in [0.717, 1.165) is 23.4 Å². The van der Waals surface area contributed by atoms with Crippen molar-refractivity contribution in [3.8, 4) is 0 Å². The third-order valence-corrected chi connectivity index (χ3v) is 3.27. The van der Waals surface area contributed by atoms with Gasteiger partial charge in [0.2, 0.25) is 0 Å². The van der Waals surface area contributed by atoms with Gasteiger partial charge in [-0.2, -0.15) is 13.2 Å². The molecule has 0 saturated heterocycles. The average Bonchev–Trinajstić information content (AvgIpc) is 2.43. The molecule has 5 nitrogen and oxygen atoms in total. The lowest BCUT2D eigenvalue weighted by molar-refractivity contribution is -0.140. The van der Waals surface area contributed by atoms with Crippen LogP contribution in [0.2, 0.25) is 0 Å². The molecule has 128 valence electrons. The quantitative estimate of drug-likeness (QED) is 0.796. The Morgan fingerprint density at radius 1 is 1.22 bits per heavy atom. The molecule has 0 bridgehead atoms. The maximum atomic E-state index is 13.2. The van der Waals surface area contributed by atoms with Crippen molar-refractivity contribution < 1.29 is 27.5 Å². The topological polar surface area (TPSA) is 59.5 Å². The molecule has 1 amide bonds. The van der Waals surface area contributed by atoms with Gasteiger partial charge in [0.1, 0.15) is 17.4 Å². The number of halogens is 3. The Morgan fingerprint density at radius 3 is 2.22 bits per heavy atom. The summed E-state index contributed by atoms with van der Waals surface area (Å²) in [7, 11) is 1.20. The molecule has 0 radical (unpaired) electrons. The number of carbonyl (C=O) groups excluding carboxylic acids is 2. The van der Waals surface area contributed by atoms with Crippen LogP contribution in [0.15, 0.2) is 18.5 Å². The van der Waals surface area contributed by atoms with Gasteiger partial charge < -0.3 is 9.53 Å². The molecule has 1 aromatic rings. The number of amides is 1. The van der Waals surface area contributed by atoms with Crippen molar-refractivity contribution in [2.75, 3.05) is 7.05 Å². The van der Waals surface area contributed by atoms with Gasteiger partial charge in [0.15, 0.2) is 0 Å². The second-order valence-corrected chi connectivity index (χ2v) is 6.22. The first-order valence-corrected chi connectivity index (χ1v) is 6.78. The van der Waals surface area contributed by atoms with Crippen LogP contribution in [-0.2, 0) is 21.2 Å². The number of aromatic nitrogens is 1. The van der Waals surface area contributed by atoms with Crippen molar-refractivity contribution >= 4 is 12.4 Å². The van der Waals surface area contributed by atoms with Crippen LogP contribution in [0.1, 0.15) is 38.8 Å². The highest BCUT2D eigenvalue weighted by atomic mass is 19.4. The Kier molecular flexibility index (Phi) is 5.08. The molecule has 8 heteroatoms. The Balaban J connectivity index is 3.36. The fourth-order valence-electron chi connectivity index (χ4n) is 1.89. The summed E-state index contributed by atoms with van der Waals surface area (Å²) < 4.78 is 44.6. The van der Waals surface area contributed by atoms with E-state index in [-0.39, 0.29) is 6.29 Å². The van der Waals surface area contributed by atoms with E-state index in [1.54, 1.807) is 20.8 Å². The number of likely N-dealkylation sites (N-methyl/N-ethyl adjacent to an activating group) is 1. The van der Waals surface area contributed by atoms with Crippen LogP contribution in [0.4, 0.5) is 18.0 Å². The van der Waals surface area contributed by atoms with Gasteiger partial charge in [-0.15, -0.1) is 0 Å². The summed E-state index contributed by atoms with van der Waals surface area (Å²) in [6.45, 7) is 6.04. The molecule has 1 aromatic heterocycles. The minimum Gasteiger partial charge on any atom is -0.444 e. The largest absolute Gasteiger partial charge is 0.444 e. The molecule has 0 aliphatic heterocycles. The molecular weight excluding hydrogens is 313 g/mol. The van der Waals surface area contributed by atoms with Crippen molar-refractivity contribution in [1.29, 1.82) is 0 Å². The molecular formula is C15H19F3N2O3. The zero-order valence-electron chi connectivity index (χ0n) is 13.6. The fraction of sp³-hybridized carbons (Fsp3) is 0.533. The fourth-order valence-corrected chi connectivity index (χ4v) is 1.89. The third kappa shape index (κ3) is 4.20. The third-order valence-electron chi connectivity index (χ3n) is 3.27. The number of hydrogen-bond donors (Lipinski definition) is 0. The van der Waals surface area contributed by atoms with Crippen LogP contribution in [0.3, 0.4) is 0 Å². The Labute approximate surface area is 132 Å². The van der Waals surface area contributed by atoms with E-state index in [2.05, 4.69) is 4.98 Å². The minimum atomic E-state index is -4.68. The van der Waals surface area contributed by atoms with Crippen molar-refractivity contribution in [3.63, 3.8) is 0 Å². The van der Waals surface area contributed by atoms with Gasteiger partial charge in [-0.25, -0.2) is 4.79 Å². The SMILES string of the molecule is CN(C(=O)OC(C)(C)C)C(C)(C=O)c1cnccc1C(F)(F)F. The van der Waals surface area contributed by atoms with E-state index in [9.17, 15) is 22.8 Å². The number of alkyl halides is 3. The summed E-state index contributed by atoms with van der Waals surface area (Å²) in [5.41, 5.74) is -4.17. The van der Waals surface area contributed by atoms with Crippen LogP contribution in [0.5, 0.6) is 0 Å². The van der Waals surface area contributed by atoms with Gasteiger partial charge >= 0.3 is 12.3 Å². The molecule has 1 atom stereocenters. The van der Waals surface area contributed by atoms with E-state index < -0.39 is 34.5 Å². The maximum absolute atomic E-state index is 13.2. The van der Waals surface area contributed by atoms with E-state index in [4.69, 9.17) is 4.74 Å². The highest BCUT2D eigenvalue weighted by molar-refractivity contribution is 5.78. The number of hydrogen-bond acceptors (Lipinski definition) is 4. The van der Waals surface area contributed by atoms with Crippen LogP contribution < -0.4 is 0 Å². The number of pyridine rings is 1. The molecule has 0 aliphatic carbocycles. The van der Waals surface area contributed by atoms with Crippen molar-refractivity contribution in [3.05, 3.63) is 29.6 Å². The second kappa shape index (κ2) is 6.17. The number of nitrogens with zero attached hydrogens (tertiary/aromatic N) is 2. The van der Waals surface area contributed by atoms with E-state index in [1.807, 2.05) is 0 Å². The molecule has 1 unspecified atom stereocenters. The van der Waals surface area contributed by atoms with Crippen LogP contribution in [0, 0.1) is 0 Å². The van der Waals surface area contributed by atoms with Gasteiger partial charge in [-0.05, 0) is 33.8 Å². The summed E-state index contributed by atoms with van der Waals surface area (Å²) in [6, 6.07) is 0.764. The minimum absolute atomic E-state index is 0.267. The van der Waals surface area contributed by atoms with Gasteiger partial charge in [0.25, 0.3) is 0 Å². The highest BCUT2D eigenvalue weighted by Gasteiger charge is 2.44. The molecule has 0 saturated carbocycles. The van der Waals surface area contributed by atoms with Gasteiger partial charge in [0.05, 0.1) is 5.56 Å². The lowest BCUT2D eigenvalue weighted by Crippen LogP contribution is -2.49. The Morgan fingerprint density at radius 2 is 1.78 bits per heavy atom. The second-order valence-electron chi connectivity index (χ2n) is 6.22. The molecule has 0 fully saturated rings. The van der Waals surface area contributed by atoms with Gasteiger partial charge in [-0.3, -0.25) is 9.88 Å². The van der Waals surface area contributed by atoms with E-state index in [1.165, 1.54) is 14.0 Å². The number of rotatable bonds is 3. The summed E-state index contributed by atoms with van der Waals surface area (Å²) in [6.07, 6.45) is -3.42. The number of carbonyl (C=O) groups is 2. The molecule has 0 aromatic carbocycles. The van der Waals surface area contributed by atoms with E-state index in [0.29, 0.717) is 0 Å². The van der Waals surface area contributed by atoms with Gasteiger partial charge in [-0.1, -0.05) is 0 Å². The summed E-state index contributed by atoms with van der Waals surface area (Å²) in [4.78, 5) is 28.2. The zero-order chi connectivity index (χ0) is 18.1. The van der Waals surface area contributed by atoms with Gasteiger partial charge in [0, 0.05) is 25.0 Å². The monoisotopic (exact) mass is 332 g/mol. The maximum Gasteiger partial charge on any atom is 0.416 e. The predicted octanol–water partition coefficient (Wildman–Crippen LogP) is 3.38. The molecule has 23 heavy (non-hydrogen) atoms. The Bertz CT molecular complexity index is 596. The predicted molar refractivity (Wildman–Crippen MR) is 76.7 cm³/mol. The number of ether oxygens (including phenoxy) is 1. The van der Waals surface area contributed by atoms with Crippen molar-refractivity contribution in [2.45, 2.75) is 45.0 Å². The van der Waals surface area contributed by atoms with Crippen LogP contribution in [0.25, 0.3) is 0 Å². The van der Waals surface area contributed by atoms with Crippen LogP contribution in [-0.4, -0.2) is 34.9 Å². The average molecular weight is 332 g/mol. The first-order chi connectivity index (χ1) is 10.3. The summed E-state index contributed by atoms with van der Waals surface area (Å²) in [5.74, 6) is 0. The lowest BCUT2D eigenvalue weighted by Gasteiger charge is -2.36. The molecule has 1 rings (SSSR count). The summed E-state index contributed by atoms with van der Waals surface area (Å²) in [5, 5.41) is 0. The lowest BCUT2D eigenvalue weighted by atomic mass is 9.89. The summed E-state index contributed by atoms with van der Waals surface area (Å²) >= 11 is 0. The molecule has 0 spiro atoms. The van der Waals surface area contributed by atoms with Crippen LogP contribution >= 0.6 is 0 Å². The standard InChI is InChI=1S/C15H19F3N2O3/c1-13(2,3)23-12(22)20(5)14(4,9-21)11-8-19-7-6-10(11)15(16,17)18/h6-9H,1-5H3. The van der Waals surface area contributed by atoms with Crippen molar-refractivity contribution in [1.82, 2.24) is 9.88 Å². The molecule has 0 aliphatic rings. The number of aldehydes is 1. The first kappa shape index (κ1) is 18.9. The van der Waals surface area contributed by atoms with Crippen molar-refractivity contribution in [2.24, 2.45) is 0 Å². The molecule has 0 N–H and O–H groups in total. The zero-order valence-corrected chi connectivity index (χ0v) is 13.6. The molecule has 1 heterocycles. The normalized spacial score (nSPS) is 14.8. The Hall–Kier alpha value is -2.12. The smallest absolute Gasteiger partial charge is 0.416 e. The first-order valence-electron chi connectivity index (χ1n) is 6.78. The highest BCUT2D eigenvalue weighted by Crippen LogP contribution is 2.37.